The standard InChI is InChI=1S/C17H17NO3/c1-20-13-6-4-5-12(11-13)18-17(19)15-9-10-21-16-8-3-2-7-14(15)16/h2-8,11,15H,9-10H2,1H3,(H,18,19). The SMILES string of the molecule is COc1cccc(NC(=O)C2CCOc3ccccc32)c1. The van der Waals surface area contributed by atoms with Gasteiger partial charge in [0.1, 0.15) is 11.5 Å². The highest BCUT2D eigenvalue weighted by molar-refractivity contribution is 5.96. The molecular weight excluding hydrogens is 266 g/mol. The molecule has 2 aromatic rings. The molecule has 4 nitrogen and oxygen atoms in total. The summed E-state index contributed by atoms with van der Waals surface area (Å²) in [5, 5.41) is 2.95. The van der Waals surface area contributed by atoms with E-state index in [4.69, 9.17) is 9.47 Å². The highest BCUT2D eigenvalue weighted by Crippen LogP contribution is 2.34. The molecule has 0 spiro atoms. The molecule has 21 heavy (non-hydrogen) atoms. The number of para-hydroxylation sites is 1. The zero-order chi connectivity index (χ0) is 14.7. The van der Waals surface area contributed by atoms with Crippen LogP contribution in [0.3, 0.4) is 0 Å². The van der Waals surface area contributed by atoms with Gasteiger partial charge >= 0.3 is 0 Å². The monoisotopic (exact) mass is 283 g/mol. The first-order valence-electron chi connectivity index (χ1n) is 6.94. The molecule has 0 saturated heterocycles. The molecule has 0 fully saturated rings. The largest absolute Gasteiger partial charge is 0.497 e. The number of anilines is 1. The number of carbonyl (C=O) groups is 1. The molecule has 1 aliphatic rings. The highest BCUT2D eigenvalue weighted by Gasteiger charge is 2.27. The minimum Gasteiger partial charge on any atom is -0.497 e. The number of fused-ring (bicyclic) bond motifs is 1. The molecule has 1 atom stereocenters. The predicted molar refractivity (Wildman–Crippen MR) is 80.9 cm³/mol. The lowest BCUT2D eigenvalue weighted by Crippen LogP contribution is -2.26. The smallest absolute Gasteiger partial charge is 0.232 e. The molecule has 0 aliphatic carbocycles. The van der Waals surface area contributed by atoms with Crippen molar-refractivity contribution in [2.75, 3.05) is 19.0 Å². The number of benzene rings is 2. The van der Waals surface area contributed by atoms with Gasteiger partial charge < -0.3 is 14.8 Å². The topological polar surface area (TPSA) is 47.6 Å². The normalized spacial score (nSPS) is 16.5. The summed E-state index contributed by atoms with van der Waals surface area (Å²) < 4.78 is 10.8. The van der Waals surface area contributed by atoms with E-state index in [0.29, 0.717) is 13.0 Å². The second kappa shape index (κ2) is 5.87. The second-order valence-electron chi connectivity index (χ2n) is 4.95. The van der Waals surface area contributed by atoms with E-state index < -0.39 is 0 Å². The van der Waals surface area contributed by atoms with Gasteiger partial charge in [-0.25, -0.2) is 0 Å². The fraction of sp³-hybridized carbons (Fsp3) is 0.235. The number of ether oxygens (including phenoxy) is 2. The lowest BCUT2D eigenvalue weighted by molar-refractivity contribution is -0.118. The van der Waals surface area contributed by atoms with Crippen molar-refractivity contribution in [2.45, 2.75) is 12.3 Å². The summed E-state index contributed by atoms with van der Waals surface area (Å²) in [5.41, 5.74) is 1.69. The molecule has 1 unspecified atom stereocenters. The van der Waals surface area contributed by atoms with Crippen LogP contribution in [0.1, 0.15) is 17.9 Å². The molecule has 1 heterocycles. The van der Waals surface area contributed by atoms with Gasteiger partial charge in [-0.2, -0.15) is 0 Å². The molecule has 0 saturated carbocycles. The van der Waals surface area contributed by atoms with Crippen LogP contribution >= 0.6 is 0 Å². The Morgan fingerprint density at radius 1 is 1.24 bits per heavy atom. The summed E-state index contributed by atoms with van der Waals surface area (Å²) >= 11 is 0. The number of amides is 1. The average Bonchev–Trinajstić information content (AvgIpc) is 2.54. The number of methoxy groups -OCH3 is 1. The van der Waals surface area contributed by atoms with Crippen LogP contribution in [0.2, 0.25) is 0 Å². The molecular formula is C17H17NO3. The number of nitrogens with one attached hydrogen (secondary N) is 1. The first kappa shape index (κ1) is 13.5. The Bertz CT molecular complexity index is 654. The van der Waals surface area contributed by atoms with Gasteiger partial charge in [0, 0.05) is 17.3 Å². The molecule has 0 bridgehead atoms. The number of carbonyl (C=O) groups excluding carboxylic acids is 1. The third-order valence-electron chi connectivity index (χ3n) is 3.61. The Morgan fingerprint density at radius 3 is 2.95 bits per heavy atom. The molecule has 0 radical (unpaired) electrons. The minimum atomic E-state index is -0.179. The van der Waals surface area contributed by atoms with Crippen LogP contribution in [0.25, 0.3) is 0 Å². The Balaban J connectivity index is 1.80. The van der Waals surface area contributed by atoms with Gasteiger partial charge in [-0.3, -0.25) is 4.79 Å². The van der Waals surface area contributed by atoms with E-state index in [1.54, 1.807) is 7.11 Å². The van der Waals surface area contributed by atoms with E-state index in [2.05, 4.69) is 5.32 Å². The first-order chi connectivity index (χ1) is 10.3. The third kappa shape index (κ3) is 2.84. The summed E-state index contributed by atoms with van der Waals surface area (Å²) in [6.45, 7) is 0.563. The maximum Gasteiger partial charge on any atom is 0.232 e. The summed E-state index contributed by atoms with van der Waals surface area (Å²) in [5.74, 6) is 1.33. The van der Waals surface area contributed by atoms with Crippen LogP contribution in [0.5, 0.6) is 11.5 Å². The van der Waals surface area contributed by atoms with Gasteiger partial charge in [0.25, 0.3) is 0 Å². The minimum absolute atomic E-state index is 0.0148. The van der Waals surface area contributed by atoms with Crippen LogP contribution < -0.4 is 14.8 Å². The average molecular weight is 283 g/mol. The Hall–Kier alpha value is -2.49. The molecule has 3 rings (SSSR count). The number of hydrogen-bond acceptors (Lipinski definition) is 3. The zero-order valence-electron chi connectivity index (χ0n) is 11.8. The van der Waals surface area contributed by atoms with E-state index in [-0.39, 0.29) is 11.8 Å². The van der Waals surface area contributed by atoms with E-state index in [1.807, 2.05) is 48.5 Å². The van der Waals surface area contributed by atoms with E-state index in [9.17, 15) is 4.79 Å². The number of rotatable bonds is 3. The van der Waals surface area contributed by atoms with Crippen molar-refractivity contribution >= 4 is 11.6 Å². The molecule has 0 aromatic heterocycles. The van der Waals surface area contributed by atoms with Crippen LogP contribution in [0.15, 0.2) is 48.5 Å². The van der Waals surface area contributed by atoms with E-state index >= 15 is 0 Å². The van der Waals surface area contributed by atoms with Crippen molar-refractivity contribution < 1.29 is 14.3 Å². The van der Waals surface area contributed by atoms with Crippen molar-refractivity contribution in [3.63, 3.8) is 0 Å². The van der Waals surface area contributed by atoms with Crippen molar-refractivity contribution in [2.24, 2.45) is 0 Å². The summed E-state index contributed by atoms with van der Waals surface area (Å²) in [7, 11) is 1.61. The van der Waals surface area contributed by atoms with Gasteiger partial charge in [0.05, 0.1) is 19.6 Å². The molecule has 1 amide bonds. The molecule has 108 valence electrons. The van der Waals surface area contributed by atoms with Crippen LogP contribution in [-0.4, -0.2) is 19.6 Å². The summed E-state index contributed by atoms with van der Waals surface area (Å²) in [4.78, 5) is 12.5. The van der Waals surface area contributed by atoms with Crippen LogP contribution in [0.4, 0.5) is 5.69 Å². The zero-order valence-corrected chi connectivity index (χ0v) is 11.8. The molecule has 1 aliphatic heterocycles. The van der Waals surface area contributed by atoms with Gasteiger partial charge in [-0.05, 0) is 24.6 Å². The van der Waals surface area contributed by atoms with Crippen molar-refractivity contribution in [1.82, 2.24) is 0 Å². The Morgan fingerprint density at radius 2 is 2.10 bits per heavy atom. The third-order valence-corrected chi connectivity index (χ3v) is 3.61. The van der Waals surface area contributed by atoms with E-state index in [0.717, 1.165) is 22.7 Å². The maximum absolute atomic E-state index is 12.5. The predicted octanol–water partition coefficient (Wildman–Crippen LogP) is 3.20. The van der Waals surface area contributed by atoms with E-state index in [1.165, 1.54) is 0 Å². The quantitative estimate of drug-likeness (QED) is 0.941. The molecule has 4 heteroatoms. The summed E-state index contributed by atoms with van der Waals surface area (Å²) in [6.07, 6.45) is 0.687. The van der Waals surface area contributed by atoms with Crippen LogP contribution in [0, 0.1) is 0 Å². The second-order valence-corrected chi connectivity index (χ2v) is 4.95. The first-order valence-corrected chi connectivity index (χ1v) is 6.94. The van der Waals surface area contributed by atoms with Crippen molar-refractivity contribution in [3.8, 4) is 11.5 Å². The fourth-order valence-electron chi connectivity index (χ4n) is 2.54. The molecule has 1 N–H and O–H groups in total. The lowest BCUT2D eigenvalue weighted by atomic mass is 9.92. The fourth-order valence-corrected chi connectivity index (χ4v) is 2.54. The van der Waals surface area contributed by atoms with Crippen molar-refractivity contribution in [1.29, 1.82) is 0 Å². The van der Waals surface area contributed by atoms with Gasteiger partial charge in [0.2, 0.25) is 5.91 Å². The van der Waals surface area contributed by atoms with Gasteiger partial charge in [-0.15, -0.1) is 0 Å². The van der Waals surface area contributed by atoms with Crippen LogP contribution in [-0.2, 0) is 4.79 Å². The highest BCUT2D eigenvalue weighted by atomic mass is 16.5. The number of hydrogen-bond donors (Lipinski definition) is 1. The van der Waals surface area contributed by atoms with Gasteiger partial charge in [0.15, 0.2) is 0 Å². The van der Waals surface area contributed by atoms with Gasteiger partial charge in [-0.1, -0.05) is 24.3 Å². The molecule has 2 aromatic carbocycles. The lowest BCUT2D eigenvalue weighted by Gasteiger charge is -2.25. The maximum atomic E-state index is 12.5. The Kier molecular flexibility index (Phi) is 3.77. The summed E-state index contributed by atoms with van der Waals surface area (Å²) in [6, 6.07) is 15.1. The van der Waals surface area contributed by atoms with Crippen molar-refractivity contribution in [3.05, 3.63) is 54.1 Å². The Labute approximate surface area is 123 Å².